The van der Waals surface area contributed by atoms with Crippen molar-refractivity contribution in [2.45, 2.75) is 43.6 Å². The summed E-state index contributed by atoms with van der Waals surface area (Å²) in [4.78, 5) is 14.9. The van der Waals surface area contributed by atoms with E-state index in [1.165, 1.54) is 12.1 Å². The zero-order chi connectivity index (χ0) is 25.9. The second-order valence-electron chi connectivity index (χ2n) is 10.1. The van der Waals surface area contributed by atoms with Gasteiger partial charge in [0.2, 0.25) is 0 Å². The van der Waals surface area contributed by atoms with Crippen LogP contribution in [-0.2, 0) is 26.0 Å². The summed E-state index contributed by atoms with van der Waals surface area (Å²) < 4.78 is 61.4. The van der Waals surface area contributed by atoms with Crippen molar-refractivity contribution in [3.8, 4) is 5.75 Å². The zero-order valence-corrected chi connectivity index (χ0v) is 20.7. The van der Waals surface area contributed by atoms with E-state index in [9.17, 15) is 18.0 Å². The Kier molecular flexibility index (Phi) is 7.74. The molecule has 0 saturated carbocycles. The summed E-state index contributed by atoms with van der Waals surface area (Å²) in [7, 11) is 0. The highest BCUT2D eigenvalue weighted by atomic mass is 19.4. The lowest BCUT2D eigenvalue weighted by Gasteiger charge is -2.42. The molecule has 0 radical (unpaired) electrons. The molecule has 6 nitrogen and oxygen atoms in total. The highest BCUT2D eigenvalue weighted by Crippen LogP contribution is 2.35. The molecule has 2 aromatic rings. The first-order chi connectivity index (χ1) is 17.8. The first kappa shape index (κ1) is 26.0. The first-order valence-corrected chi connectivity index (χ1v) is 12.9. The molecule has 3 aliphatic rings. The van der Waals surface area contributed by atoms with E-state index >= 15 is 0 Å². The molecule has 0 N–H and O–H groups in total. The van der Waals surface area contributed by atoms with E-state index in [-0.39, 0.29) is 12.0 Å². The van der Waals surface area contributed by atoms with Gasteiger partial charge in [-0.25, -0.2) is 0 Å². The lowest BCUT2D eigenvalue weighted by atomic mass is 9.90. The van der Waals surface area contributed by atoms with Gasteiger partial charge < -0.3 is 23.8 Å². The number of ether oxygens (including phenoxy) is 4. The molecule has 0 unspecified atom stereocenters. The average molecular weight is 520 g/mol. The zero-order valence-electron chi connectivity index (χ0n) is 20.7. The van der Waals surface area contributed by atoms with Gasteiger partial charge in [-0.15, -0.1) is 0 Å². The number of alkyl halides is 3. The molecule has 9 heteroatoms. The molecular formula is C28H32F3NO5. The predicted octanol–water partition coefficient (Wildman–Crippen LogP) is 5.06. The average Bonchev–Trinajstić information content (AvgIpc) is 2.89. The van der Waals surface area contributed by atoms with Gasteiger partial charge in [-0.1, -0.05) is 12.1 Å². The number of hydrogen-bond donors (Lipinski definition) is 0. The third-order valence-corrected chi connectivity index (χ3v) is 7.48. The quantitative estimate of drug-likeness (QED) is 0.512. The van der Waals surface area contributed by atoms with Crippen LogP contribution in [0, 0.1) is 5.92 Å². The Morgan fingerprint density at radius 1 is 0.919 bits per heavy atom. The molecule has 37 heavy (non-hydrogen) atoms. The molecule has 200 valence electrons. The highest BCUT2D eigenvalue weighted by molar-refractivity contribution is 5.94. The maximum absolute atomic E-state index is 13.1. The largest absolute Gasteiger partial charge is 0.490 e. The molecule has 3 fully saturated rings. The van der Waals surface area contributed by atoms with Crippen LogP contribution >= 0.6 is 0 Å². The molecule has 0 bridgehead atoms. The number of nitrogens with zero attached hydrogens (tertiary/aromatic N) is 1. The van der Waals surface area contributed by atoms with Crippen LogP contribution in [0.2, 0.25) is 0 Å². The fraction of sp³-hybridized carbons (Fsp3) is 0.536. The van der Waals surface area contributed by atoms with E-state index in [0.717, 1.165) is 43.8 Å². The van der Waals surface area contributed by atoms with Crippen molar-refractivity contribution in [2.75, 3.05) is 46.1 Å². The minimum Gasteiger partial charge on any atom is -0.490 e. The summed E-state index contributed by atoms with van der Waals surface area (Å²) in [5.41, 5.74) is 0.484. The van der Waals surface area contributed by atoms with Gasteiger partial charge in [-0.05, 0) is 60.7 Å². The molecule has 3 aliphatic heterocycles. The van der Waals surface area contributed by atoms with E-state index in [1.54, 1.807) is 4.90 Å². The maximum atomic E-state index is 13.1. The van der Waals surface area contributed by atoms with Gasteiger partial charge in [0.15, 0.2) is 0 Å². The minimum absolute atomic E-state index is 0.0402. The van der Waals surface area contributed by atoms with Crippen LogP contribution in [0.25, 0.3) is 0 Å². The van der Waals surface area contributed by atoms with E-state index in [2.05, 4.69) is 0 Å². The Bertz CT molecular complexity index is 1040. The fourth-order valence-corrected chi connectivity index (χ4v) is 5.00. The van der Waals surface area contributed by atoms with Crippen LogP contribution in [0.15, 0.2) is 48.5 Å². The summed E-state index contributed by atoms with van der Waals surface area (Å²) in [6, 6.07) is 12.3. The smallest absolute Gasteiger partial charge is 0.416 e. The summed E-state index contributed by atoms with van der Waals surface area (Å²) >= 11 is 0. The lowest BCUT2D eigenvalue weighted by Crippen LogP contribution is -2.50. The number of carbonyl (C=O) groups is 1. The van der Waals surface area contributed by atoms with Crippen LogP contribution in [0.4, 0.5) is 13.2 Å². The van der Waals surface area contributed by atoms with E-state index < -0.39 is 17.3 Å². The monoisotopic (exact) mass is 519 g/mol. The molecule has 3 heterocycles. The van der Waals surface area contributed by atoms with Gasteiger partial charge >= 0.3 is 6.18 Å². The van der Waals surface area contributed by atoms with Crippen molar-refractivity contribution < 1.29 is 36.9 Å². The molecule has 0 aliphatic carbocycles. The summed E-state index contributed by atoms with van der Waals surface area (Å²) in [6.07, 6.45) is -1.26. The Labute approximate surface area is 214 Å². The molecule has 5 rings (SSSR count). The number of hydrogen-bond acceptors (Lipinski definition) is 5. The van der Waals surface area contributed by atoms with Gasteiger partial charge in [0.1, 0.15) is 17.5 Å². The Morgan fingerprint density at radius 2 is 1.57 bits per heavy atom. The lowest BCUT2D eigenvalue weighted by molar-refractivity contribution is -0.224. The summed E-state index contributed by atoms with van der Waals surface area (Å²) in [6.45, 7) is 4.32. The number of likely N-dealkylation sites (tertiary alicyclic amines) is 1. The second kappa shape index (κ2) is 11.0. The van der Waals surface area contributed by atoms with Crippen LogP contribution in [-0.4, -0.2) is 63.0 Å². The predicted molar refractivity (Wildman–Crippen MR) is 129 cm³/mol. The van der Waals surface area contributed by atoms with Crippen molar-refractivity contribution in [1.29, 1.82) is 0 Å². The number of rotatable bonds is 7. The molecule has 0 aromatic heterocycles. The number of amides is 1. The van der Waals surface area contributed by atoms with Gasteiger partial charge in [0.25, 0.3) is 5.91 Å². The van der Waals surface area contributed by atoms with E-state index in [0.29, 0.717) is 63.0 Å². The number of piperidine rings is 1. The second-order valence-corrected chi connectivity index (χ2v) is 10.1. The third kappa shape index (κ3) is 6.10. The molecule has 2 aromatic carbocycles. The van der Waals surface area contributed by atoms with Gasteiger partial charge in [-0.2, -0.15) is 13.2 Å². The Balaban J connectivity index is 1.12. The first-order valence-electron chi connectivity index (χ1n) is 12.9. The number of benzene rings is 2. The van der Waals surface area contributed by atoms with E-state index in [1.807, 2.05) is 24.3 Å². The molecular weight excluding hydrogens is 487 g/mol. The summed E-state index contributed by atoms with van der Waals surface area (Å²) in [5.74, 6) is 0.862. The van der Waals surface area contributed by atoms with Crippen molar-refractivity contribution in [2.24, 2.45) is 5.92 Å². The standard InChI is InChI=1S/C28H32F3NO5/c29-28(30,31)23-5-7-24(8-6-23)37-25-9-13-32(14-10-25)26(33)21-1-3-22(4-2-21)27(18-35-19-27)36-17-20-11-15-34-16-12-20/h1-8,20,25H,9-19H2. The SMILES string of the molecule is O=C(c1ccc(C2(OCC3CCOCC3)COC2)cc1)N1CCC(Oc2ccc(C(F)(F)F)cc2)CC1. The Hall–Kier alpha value is -2.62. The van der Waals surface area contributed by atoms with Crippen LogP contribution < -0.4 is 4.74 Å². The topological polar surface area (TPSA) is 57.2 Å². The van der Waals surface area contributed by atoms with Crippen molar-refractivity contribution in [3.63, 3.8) is 0 Å². The van der Waals surface area contributed by atoms with Crippen LogP contribution in [0.5, 0.6) is 5.75 Å². The summed E-state index contributed by atoms with van der Waals surface area (Å²) in [5, 5.41) is 0. The third-order valence-electron chi connectivity index (χ3n) is 7.48. The van der Waals surface area contributed by atoms with E-state index in [4.69, 9.17) is 18.9 Å². The van der Waals surface area contributed by atoms with Crippen LogP contribution in [0.3, 0.4) is 0 Å². The maximum Gasteiger partial charge on any atom is 0.416 e. The van der Waals surface area contributed by atoms with Crippen LogP contribution in [0.1, 0.15) is 47.2 Å². The normalized spacial score (nSPS) is 20.9. The number of halogens is 3. The van der Waals surface area contributed by atoms with Crippen molar-refractivity contribution in [3.05, 3.63) is 65.2 Å². The molecule has 0 atom stereocenters. The highest BCUT2D eigenvalue weighted by Gasteiger charge is 2.42. The molecule has 0 spiro atoms. The molecule has 3 saturated heterocycles. The van der Waals surface area contributed by atoms with Gasteiger partial charge in [0, 0.05) is 44.7 Å². The Morgan fingerprint density at radius 3 is 2.14 bits per heavy atom. The fourth-order valence-electron chi connectivity index (χ4n) is 5.00. The molecule has 1 amide bonds. The van der Waals surface area contributed by atoms with Gasteiger partial charge in [0.05, 0.1) is 25.4 Å². The van der Waals surface area contributed by atoms with Crippen molar-refractivity contribution in [1.82, 2.24) is 4.90 Å². The van der Waals surface area contributed by atoms with Crippen molar-refractivity contribution >= 4 is 5.91 Å². The number of carbonyl (C=O) groups excluding carboxylic acids is 1. The minimum atomic E-state index is -4.37. The van der Waals surface area contributed by atoms with Gasteiger partial charge in [-0.3, -0.25) is 4.79 Å².